The van der Waals surface area contributed by atoms with Crippen molar-refractivity contribution in [2.24, 2.45) is 0 Å². The molecule has 2 nitrogen and oxygen atoms in total. The van der Waals surface area contributed by atoms with Crippen LogP contribution in [0.5, 0.6) is 0 Å². The van der Waals surface area contributed by atoms with E-state index in [0.29, 0.717) is 0 Å². The van der Waals surface area contributed by atoms with Crippen molar-refractivity contribution in [1.29, 1.82) is 0 Å². The zero-order valence-corrected chi connectivity index (χ0v) is 9.20. The molecule has 0 aliphatic rings. The number of hydrogen-bond acceptors (Lipinski definition) is 2. The van der Waals surface area contributed by atoms with Gasteiger partial charge in [-0.3, -0.25) is 0 Å². The molecule has 2 aromatic rings. The van der Waals surface area contributed by atoms with Crippen molar-refractivity contribution in [3.63, 3.8) is 0 Å². The number of fused-ring (bicyclic) bond motifs is 1. The zero-order chi connectivity index (χ0) is 7.68. The molecule has 0 atom stereocenters. The van der Waals surface area contributed by atoms with Gasteiger partial charge in [0.1, 0.15) is 7.85 Å². The Labute approximate surface area is 97.1 Å². The molecule has 0 aliphatic carbocycles. The summed E-state index contributed by atoms with van der Waals surface area (Å²) in [7, 11) is 5.56. The van der Waals surface area contributed by atoms with Crippen LogP contribution >= 0.6 is 0 Å². The van der Waals surface area contributed by atoms with Gasteiger partial charge in [0.15, 0.2) is 0 Å². The molecule has 0 unspecified atom stereocenters. The maximum absolute atomic E-state index is 5.56. The summed E-state index contributed by atoms with van der Waals surface area (Å²) < 4.78 is 0. The molecule has 1 heterocycles. The minimum atomic E-state index is 0. The summed E-state index contributed by atoms with van der Waals surface area (Å²) in [6.45, 7) is 0. The summed E-state index contributed by atoms with van der Waals surface area (Å²) in [5.74, 6) is 0. The van der Waals surface area contributed by atoms with Crippen LogP contribution in [0, 0.1) is 6.20 Å². The summed E-state index contributed by atoms with van der Waals surface area (Å²) in [6, 6.07) is 5.54. The van der Waals surface area contributed by atoms with E-state index in [-0.39, 0.29) is 32.7 Å². The first-order valence-corrected chi connectivity index (χ1v) is 3.25. The van der Waals surface area contributed by atoms with Gasteiger partial charge < -0.3 is 0 Å². The Morgan fingerprint density at radius 2 is 2.17 bits per heavy atom. The number of hydrogen-bond donors (Lipinski definition) is 0. The van der Waals surface area contributed by atoms with Crippen LogP contribution in [0.15, 0.2) is 24.4 Å². The van der Waals surface area contributed by atoms with Gasteiger partial charge in [-0.25, -0.2) is 5.10 Å². The first kappa shape index (κ1) is 9.81. The van der Waals surface area contributed by atoms with Crippen LogP contribution in [0.25, 0.3) is 10.8 Å². The van der Waals surface area contributed by atoms with E-state index in [1.54, 1.807) is 6.20 Å². The Morgan fingerprint density at radius 3 is 3.00 bits per heavy atom. The number of nitrogens with zero attached hydrogens (tertiary/aromatic N) is 2. The molecule has 2 rings (SSSR count). The molecular weight excluding hydrogens is 224 g/mol. The predicted octanol–water partition coefficient (Wildman–Crippen LogP) is 0.221. The van der Waals surface area contributed by atoms with Crippen LogP contribution < -0.4 is 5.46 Å². The third kappa shape index (κ3) is 1.90. The van der Waals surface area contributed by atoms with Crippen LogP contribution in [0.4, 0.5) is 0 Å². The first-order chi connectivity index (χ1) is 5.36. The monoisotopic (exact) mass is 228 g/mol. The number of benzene rings is 1. The Balaban J connectivity index is 0.000000720. The van der Waals surface area contributed by atoms with E-state index in [1.807, 2.05) is 18.2 Å². The van der Waals surface area contributed by atoms with E-state index in [1.165, 1.54) is 0 Å². The van der Waals surface area contributed by atoms with Crippen LogP contribution in [-0.4, -0.2) is 18.0 Å². The fourth-order valence-electron chi connectivity index (χ4n) is 0.964. The molecule has 0 N–H and O–H groups in total. The van der Waals surface area contributed by atoms with E-state index in [4.69, 9.17) is 7.85 Å². The second kappa shape index (κ2) is 4.10. The SMILES string of the molecule is [B]c1ccc2[c-]nncc2c1.[Y]. The molecule has 0 amide bonds. The van der Waals surface area contributed by atoms with E-state index in [2.05, 4.69) is 16.4 Å². The maximum Gasteiger partial charge on any atom is 0.110 e. The molecule has 4 heteroatoms. The van der Waals surface area contributed by atoms with E-state index < -0.39 is 0 Å². The minimum Gasteiger partial charge on any atom is -0.230 e. The van der Waals surface area contributed by atoms with Gasteiger partial charge in [-0.05, 0) is 6.20 Å². The minimum absolute atomic E-state index is 0. The smallest absolute Gasteiger partial charge is 0.110 e. The van der Waals surface area contributed by atoms with Crippen molar-refractivity contribution in [2.75, 3.05) is 0 Å². The topological polar surface area (TPSA) is 25.8 Å². The van der Waals surface area contributed by atoms with Crippen LogP contribution in [0.1, 0.15) is 0 Å². The normalized spacial score (nSPS) is 9.33. The molecule has 0 fully saturated rings. The molecule has 0 saturated heterocycles. The van der Waals surface area contributed by atoms with Crippen molar-refractivity contribution in [2.45, 2.75) is 0 Å². The molecule has 3 radical (unpaired) electrons. The van der Waals surface area contributed by atoms with Crippen molar-refractivity contribution in [3.05, 3.63) is 30.6 Å². The third-order valence-electron chi connectivity index (χ3n) is 1.50. The Kier molecular flexibility index (Phi) is 3.36. The maximum atomic E-state index is 5.56. The summed E-state index contributed by atoms with van der Waals surface area (Å²) in [6.07, 6.45) is 4.43. The standard InChI is InChI=1S/C8H4BN2.Y/c9-8-2-1-6-4-10-11-5-7(6)3-8;/h1-3,5H;/q-1;. The quantitative estimate of drug-likeness (QED) is 0.476. The largest absolute Gasteiger partial charge is 0.230 e. The molecule has 0 spiro atoms. The Morgan fingerprint density at radius 1 is 1.33 bits per heavy atom. The van der Waals surface area contributed by atoms with E-state index in [0.717, 1.165) is 16.2 Å². The predicted molar refractivity (Wildman–Crippen MR) is 43.8 cm³/mol. The van der Waals surface area contributed by atoms with Gasteiger partial charge in [0.2, 0.25) is 0 Å². The van der Waals surface area contributed by atoms with Gasteiger partial charge in [-0.1, -0.05) is 0 Å². The molecule has 1 aromatic carbocycles. The van der Waals surface area contributed by atoms with E-state index >= 15 is 0 Å². The molecule has 0 saturated carbocycles. The summed E-state index contributed by atoms with van der Waals surface area (Å²) in [5, 5.41) is 9.23. The molecule has 1 aromatic heterocycles. The van der Waals surface area contributed by atoms with Crippen LogP contribution in [0.2, 0.25) is 0 Å². The van der Waals surface area contributed by atoms with Crippen molar-refractivity contribution < 1.29 is 32.7 Å². The van der Waals surface area contributed by atoms with Gasteiger partial charge >= 0.3 is 0 Å². The summed E-state index contributed by atoms with van der Waals surface area (Å²) in [5.41, 5.74) is 0.735. The number of aromatic nitrogens is 2. The van der Waals surface area contributed by atoms with Gasteiger partial charge in [0, 0.05) is 38.9 Å². The Bertz CT molecular complexity index is 391. The van der Waals surface area contributed by atoms with E-state index in [9.17, 15) is 0 Å². The van der Waals surface area contributed by atoms with Crippen molar-refractivity contribution in [3.8, 4) is 0 Å². The van der Waals surface area contributed by atoms with Gasteiger partial charge in [0.05, 0.1) is 0 Å². The molecule has 0 bridgehead atoms. The van der Waals surface area contributed by atoms with Gasteiger partial charge in [-0.2, -0.15) is 16.6 Å². The van der Waals surface area contributed by atoms with Gasteiger partial charge in [-0.15, -0.1) is 23.0 Å². The van der Waals surface area contributed by atoms with Crippen molar-refractivity contribution in [1.82, 2.24) is 10.2 Å². The molecule has 12 heavy (non-hydrogen) atoms. The van der Waals surface area contributed by atoms with Crippen molar-refractivity contribution >= 4 is 24.1 Å². The molecule has 0 aliphatic heterocycles. The second-order valence-electron chi connectivity index (χ2n) is 2.30. The molecule has 53 valence electrons. The average Bonchev–Trinajstić information content (AvgIpc) is 2.04. The van der Waals surface area contributed by atoms with Gasteiger partial charge in [0.25, 0.3) is 0 Å². The fourth-order valence-corrected chi connectivity index (χ4v) is 0.964. The second-order valence-corrected chi connectivity index (χ2v) is 2.30. The molecular formula is C8H4BN2Y-. The summed E-state index contributed by atoms with van der Waals surface area (Å²) in [4.78, 5) is 0. The number of rotatable bonds is 0. The van der Waals surface area contributed by atoms with Crippen LogP contribution in [0.3, 0.4) is 0 Å². The first-order valence-electron chi connectivity index (χ1n) is 3.25. The average molecular weight is 228 g/mol. The third-order valence-corrected chi connectivity index (χ3v) is 1.50. The fraction of sp³-hybridized carbons (Fsp3) is 0. The zero-order valence-electron chi connectivity index (χ0n) is 6.36. The Hall–Kier alpha value is -0.271. The van der Waals surface area contributed by atoms with Crippen LogP contribution in [-0.2, 0) is 32.7 Å². The summed E-state index contributed by atoms with van der Waals surface area (Å²) >= 11 is 0.